The van der Waals surface area contributed by atoms with Gasteiger partial charge in [0.2, 0.25) is 0 Å². The van der Waals surface area contributed by atoms with Crippen molar-refractivity contribution in [1.82, 2.24) is 15.3 Å². The fourth-order valence-electron chi connectivity index (χ4n) is 1.52. The molecule has 16 heavy (non-hydrogen) atoms. The maximum atomic E-state index is 6.08. The van der Waals surface area contributed by atoms with Crippen LogP contribution in [0.4, 0.5) is 0 Å². The van der Waals surface area contributed by atoms with E-state index in [1.54, 1.807) is 13.3 Å². The Hall–Kier alpha value is -0.870. The van der Waals surface area contributed by atoms with Gasteiger partial charge in [-0.15, -0.1) is 0 Å². The summed E-state index contributed by atoms with van der Waals surface area (Å²) >= 11 is 6.08. The summed E-state index contributed by atoms with van der Waals surface area (Å²) in [4.78, 5) is 8.25. The summed E-state index contributed by atoms with van der Waals surface area (Å²) in [6.07, 6.45) is 1.58. The Kier molecular flexibility index (Phi) is 4.96. The standard InChI is InChI=1S/C11H18ClN3O/c1-5-13-8(3)7(2)10-9(12)6-14-11(15-10)16-4/h6-8,13H,5H2,1-4H3. The van der Waals surface area contributed by atoms with Crippen molar-refractivity contribution in [2.24, 2.45) is 0 Å². The molecular weight excluding hydrogens is 226 g/mol. The van der Waals surface area contributed by atoms with Gasteiger partial charge in [0.1, 0.15) is 0 Å². The second kappa shape index (κ2) is 6.01. The number of halogens is 1. The largest absolute Gasteiger partial charge is 0.467 e. The zero-order chi connectivity index (χ0) is 12.1. The molecule has 0 saturated heterocycles. The number of aromatic nitrogens is 2. The highest BCUT2D eigenvalue weighted by Crippen LogP contribution is 2.25. The van der Waals surface area contributed by atoms with E-state index in [1.807, 2.05) is 0 Å². The second-order valence-electron chi connectivity index (χ2n) is 3.72. The maximum Gasteiger partial charge on any atom is 0.316 e. The van der Waals surface area contributed by atoms with Crippen molar-refractivity contribution in [2.45, 2.75) is 32.7 Å². The van der Waals surface area contributed by atoms with Crippen molar-refractivity contribution in [3.8, 4) is 6.01 Å². The van der Waals surface area contributed by atoms with Crippen LogP contribution in [0, 0.1) is 0 Å². The van der Waals surface area contributed by atoms with Crippen LogP contribution in [0.3, 0.4) is 0 Å². The highest BCUT2D eigenvalue weighted by atomic mass is 35.5. The van der Waals surface area contributed by atoms with E-state index < -0.39 is 0 Å². The summed E-state index contributed by atoms with van der Waals surface area (Å²) in [6.45, 7) is 7.19. The smallest absolute Gasteiger partial charge is 0.316 e. The molecule has 1 heterocycles. The van der Waals surface area contributed by atoms with E-state index in [0.29, 0.717) is 17.1 Å². The fraction of sp³-hybridized carbons (Fsp3) is 0.636. The number of nitrogens with zero attached hydrogens (tertiary/aromatic N) is 2. The molecule has 90 valence electrons. The van der Waals surface area contributed by atoms with Gasteiger partial charge in [0.25, 0.3) is 0 Å². The Morgan fingerprint density at radius 3 is 2.75 bits per heavy atom. The highest BCUT2D eigenvalue weighted by molar-refractivity contribution is 6.31. The van der Waals surface area contributed by atoms with Gasteiger partial charge in [-0.1, -0.05) is 25.4 Å². The van der Waals surface area contributed by atoms with E-state index >= 15 is 0 Å². The number of nitrogens with one attached hydrogen (secondary N) is 1. The van der Waals surface area contributed by atoms with Crippen LogP contribution in [-0.4, -0.2) is 29.7 Å². The Morgan fingerprint density at radius 1 is 1.50 bits per heavy atom. The lowest BCUT2D eigenvalue weighted by Gasteiger charge is -2.21. The van der Waals surface area contributed by atoms with Crippen molar-refractivity contribution in [1.29, 1.82) is 0 Å². The van der Waals surface area contributed by atoms with Gasteiger partial charge in [-0.05, 0) is 13.5 Å². The van der Waals surface area contributed by atoms with Crippen LogP contribution >= 0.6 is 11.6 Å². The third kappa shape index (κ3) is 3.06. The van der Waals surface area contributed by atoms with E-state index in [4.69, 9.17) is 16.3 Å². The van der Waals surface area contributed by atoms with Crippen LogP contribution in [-0.2, 0) is 0 Å². The predicted octanol–water partition coefficient (Wildman–Crippen LogP) is 2.24. The second-order valence-corrected chi connectivity index (χ2v) is 4.13. The third-order valence-corrected chi connectivity index (χ3v) is 2.93. The van der Waals surface area contributed by atoms with Crippen LogP contribution in [0.2, 0.25) is 5.02 Å². The normalized spacial score (nSPS) is 14.6. The van der Waals surface area contributed by atoms with Gasteiger partial charge in [0.05, 0.1) is 24.0 Å². The molecule has 0 saturated carbocycles. The Balaban J connectivity index is 2.92. The monoisotopic (exact) mass is 243 g/mol. The molecule has 2 atom stereocenters. The maximum absolute atomic E-state index is 6.08. The molecule has 1 aromatic heterocycles. The number of likely N-dealkylation sites (N-methyl/N-ethyl adjacent to an activating group) is 1. The third-order valence-electron chi connectivity index (χ3n) is 2.64. The van der Waals surface area contributed by atoms with Crippen LogP contribution in [0.1, 0.15) is 32.4 Å². The SMILES string of the molecule is CCNC(C)C(C)c1nc(OC)ncc1Cl. The lowest BCUT2D eigenvalue weighted by Crippen LogP contribution is -2.31. The zero-order valence-corrected chi connectivity index (χ0v) is 10.9. The predicted molar refractivity (Wildman–Crippen MR) is 65.1 cm³/mol. The molecule has 1 rings (SSSR count). The zero-order valence-electron chi connectivity index (χ0n) is 10.1. The Labute approximate surface area is 101 Å². The van der Waals surface area contributed by atoms with Crippen molar-refractivity contribution >= 4 is 11.6 Å². The molecule has 0 bridgehead atoms. The Bertz CT molecular complexity index is 346. The number of rotatable bonds is 5. The molecule has 1 N–H and O–H groups in total. The van der Waals surface area contributed by atoms with Crippen LogP contribution in [0.15, 0.2) is 6.20 Å². The molecular formula is C11H18ClN3O. The van der Waals surface area contributed by atoms with Gasteiger partial charge in [-0.25, -0.2) is 4.98 Å². The number of ether oxygens (including phenoxy) is 1. The minimum absolute atomic E-state index is 0.212. The van der Waals surface area contributed by atoms with Gasteiger partial charge in [-0.2, -0.15) is 4.98 Å². The molecule has 0 amide bonds. The van der Waals surface area contributed by atoms with Crippen molar-refractivity contribution in [3.05, 3.63) is 16.9 Å². The minimum Gasteiger partial charge on any atom is -0.467 e. The summed E-state index contributed by atoms with van der Waals surface area (Å²) in [7, 11) is 1.55. The molecule has 0 radical (unpaired) electrons. The van der Waals surface area contributed by atoms with Gasteiger partial charge < -0.3 is 10.1 Å². The van der Waals surface area contributed by atoms with E-state index in [-0.39, 0.29) is 5.92 Å². The van der Waals surface area contributed by atoms with E-state index in [2.05, 4.69) is 36.1 Å². The topological polar surface area (TPSA) is 47.0 Å². The summed E-state index contributed by atoms with van der Waals surface area (Å²) in [5.74, 6) is 0.212. The van der Waals surface area contributed by atoms with Gasteiger partial charge in [0, 0.05) is 12.0 Å². The minimum atomic E-state index is 0.212. The molecule has 2 unspecified atom stereocenters. The Morgan fingerprint density at radius 2 is 2.19 bits per heavy atom. The molecule has 0 aliphatic rings. The van der Waals surface area contributed by atoms with Gasteiger partial charge in [-0.3, -0.25) is 0 Å². The summed E-state index contributed by atoms with van der Waals surface area (Å²) in [5, 5.41) is 3.93. The van der Waals surface area contributed by atoms with E-state index in [9.17, 15) is 0 Å². The lowest BCUT2D eigenvalue weighted by atomic mass is 9.99. The first-order valence-corrected chi connectivity index (χ1v) is 5.77. The molecule has 0 aliphatic heterocycles. The molecule has 5 heteroatoms. The van der Waals surface area contributed by atoms with Crippen molar-refractivity contribution < 1.29 is 4.74 Å². The van der Waals surface area contributed by atoms with Crippen molar-refractivity contribution in [2.75, 3.05) is 13.7 Å². The van der Waals surface area contributed by atoms with Gasteiger partial charge >= 0.3 is 6.01 Å². The average molecular weight is 244 g/mol. The lowest BCUT2D eigenvalue weighted by molar-refractivity contribution is 0.374. The highest BCUT2D eigenvalue weighted by Gasteiger charge is 2.18. The average Bonchev–Trinajstić information content (AvgIpc) is 2.29. The molecule has 0 spiro atoms. The van der Waals surface area contributed by atoms with Crippen LogP contribution in [0.5, 0.6) is 6.01 Å². The summed E-state index contributed by atoms with van der Waals surface area (Å²) in [6, 6.07) is 0.664. The summed E-state index contributed by atoms with van der Waals surface area (Å²) in [5.41, 5.74) is 0.821. The first kappa shape index (κ1) is 13.2. The first-order chi connectivity index (χ1) is 7.60. The molecule has 0 aliphatic carbocycles. The quantitative estimate of drug-likeness (QED) is 0.862. The number of hydrogen-bond acceptors (Lipinski definition) is 4. The van der Waals surface area contributed by atoms with E-state index in [1.165, 1.54) is 0 Å². The first-order valence-electron chi connectivity index (χ1n) is 5.40. The number of methoxy groups -OCH3 is 1. The molecule has 0 fully saturated rings. The summed E-state index contributed by atoms with van der Waals surface area (Å²) < 4.78 is 5.00. The van der Waals surface area contributed by atoms with E-state index in [0.717, 1.165) is 12.2 Å². The molecule has 1 aromatic rings. The molecule has 0 aromatic carbocycles. The van der Waals surface area contributed by atoms with Crippen molar-refractivity contribution in [3.63, 3.8) is 0 Å². The van der Waals surface area contributed by atoms with Crippen LogP contribution < -0.4 is 10.1 Å². The molecule has 4 nitrogen and oxygen atoms in total. The fourth-order valence-corrected chi connectivity index (χ4v) is 1.78. The number of hydrogen-bond donors (Lipinski definition) is 1. The van der Waals surface area contributed by atoms with Gasteiger partial charge in [0.15, 0.2) is 0 Å². The van der Waals surface area contributed by atoms with Crippen LogP contribution in [0.25, 0.3) is 0 Å².